The smallest absolute Gasteiger partial charge is 0.307 e. The molecular formula is C33H34O5S. The van der Waals surface area contributed by atoms with Gasteiger partial charge in [-0.3, -0.25) is 4.79 Å². The third-order valence-corrected chi connectivity index (χ3v) is 7.33. The van der Waals surface area contributed by atoms with E-state index >= 15 is 0 Å². The molecule has 0 spiro atoms. The van der Waals surface area contributed by atoms with Crippen molar-refractivity contribution in [2.75, 3.05) is 26.9 Å². The SMILES string of the molecule is CC#C[C@@H](CC(=O)OCC)c1ccc(OCc2ccc3scc(-c4ccc(OCCOC)cc4C)c3c2)cc1. The summed E-state index contributed by atoms with van der Waals surface area (Å²) < 4.78 is 23.3. The van der Waals surface area contributed by atoms with Gasteiger partial charge in [0.1, 0.15) is 24.7 Å². The second kappa shape index (κ2) is 13.8. The highest BCUT2D eigenvalue weighted by atomic mass is 32.1. The van der Waals surface area contributed by atoms with Crippen molar-refractivity contribution in [3.8, 4) is 34.5 Å². The van der Waals surface area contributed by atoms with E-state index in [4.69, 9.17) is 18.9 Å². The molecule has 0 fully saturated rings. The third kappa shape index (κ3) is 7.41. The Bertz CT molecular complexity index is 1460. The average Bonchev–Trinajstić information content (AvgIpc) is 3.35. The Kier molecular flexibility index (Phi) is 10.0. The zero-order valence-corrected chi connectivity index (χ0v) is 23.7. The highest BCUT2D eigenvalue weighted by molar-refractivity contribution is 7.17. The van der Waals surface area contributed by atoms with Crippen LogP contribution in [0.5, 0.6) is 11.5 Å². The van der Waals surface area contributed by atoms with Crippen molar-refractivity contribution in [3.05, 3.63) is 82.7 Å². The van der Waals surface area contributed by atoms with Gasteiger partial charge in [0, 0.05) is 22.8 Å². The summed E-state index contributed by atoms with van der Waals surface area (Å²) >= 11 is 1.74. The van der Waals surface area contributed by atoms with Crippen LogP contribution in [0.4, 0.5) is 0 Å². The fourth-order valence-corrected chi connectivity index (χ4v) is 5.36. The fourth-order valence-electron chi connectivity index (χ4n) is 4.42. The largest absolute Gasteiger partial charge is 0.491 e. The summed E-state index contributed by atoms with van der Waals surface area (Å²) in [6, 6.07) is 20.5. The number of hydrogen-bond donors (Lipinski definition) is 0. The topological polar surface area (TPSA) is 54.0 Å². The standard InChI is InChI=1S/C33H34O5S/c1-5-7-26(20-33(34)36-6-2)25-9-11-27(12-10-25)38-21-24-8-15-32-30(19-24)31(22-39-32)29-14-13-28(18-23(29)3)37-17-16-35-4/h8-15,18-19,22,26H,6,16-17,20-21H2,1-4H3/t26-/m0/s1. The first-order chi connectivity index (χ1) is 19.0. The van der Waals surface area contributed by atoms with Crippen LogP contribution in [-0.4, -0.2) is 32.9 Å². The van der Waals surface area contributed by atoms with Gasteiger partial charge in [0.2, 0.25) is 0 Å². The molecule has 1 heterocycles. The van der Waals surface area contributed by atoms with E-state index in [1.165, 1.54) is 26.8 Å². The van der Waals surface area contributed by atoms with Crippen LogP contribution < -0.4 is 9.47 Å². The Hall–Kier alpha value is -3.79. The van der Waals surface area contributed by atoms with Crippen molar-refractivity contribution in [3.63, 3.8) is 0 Å². The van der Waals surface area contributed by atoms with Gasteiger partial charge in [0.05, 0.1) is 25.6 Å². The number of ether oxygens (including phenoxy) is 4. The van der Waals surface area contributed by atoms with E-state index in [0.29, 0.717) is 26.4 Å². The van der Waals surface area contributed by atoms with Crippen LogP contribution in [0, 0.1) is 18.8 Å². The molecule has 0 aliphatic rings. The highest BCUT2D eigenvalue weighted by Gasteiger charge is 2.15. The molecule has 0 aliphatic carbocycles. The number of thiophene rings is 1. The first-order valence-electron chi connectivity index (χ1n) is 13.1. The minimum atomic E-state index is -0.240. The summed E-state index contributed by atoms with van der Waals surface area (Å²) in [6.45, 7) is 7.62. The zero-order valence-electron chi connectivity index (χ0n) is 22.9. The number of aryl methyl sites for hydroxylation is 1. The second-order valence-electron chi connectivity index (χ2n) is 9.11. The number of benzene rings is 3. The predicted octanol–water partition coefficient (Wildman–Crippen LogP) is 7.54. The lowest BCUT2D eigenvalue weighted by atomic mass is 9.96. The van der Waals surface area contributed by atoms with Gasteiger partial charge in [0.15, 0.2) is 0 Å². The molecule has 4 rings (SSSR count). The molecule has 0 N–H and O–H groups in total. The Morgan fingerprint density at radius 1 is 0.949 bits per heavy atom. The van der Waals surface area contributed by atoms with Crippen molar-refractivity contribution in [2.24, 2.45) is 0 Å². The van der Waals surface area contributed by atoms with E-state index < -0.39 is 0 Å². The Labute approximate surface area is 234 Å². The van der Waals surface area contributed by atoms with Crippen molar-refractivity contribution >= 4 is 27.4 Å². The molecule has 1 atom stereocenters. The van der Waals surface area contributed by atoms with Crippen molar-refractivity contribution < 1.29 is 23.7 Å². The first-order valence-corrected chi connectivity index (χ1v) is 13.9. The van der Waals surface area contributed by atoms with Gasteiger partial charge in [-0.15, -0.1) is 17.3 Å². The number of methoxy groups -OCH3 is 1. The normalized spacial score (nSPS) is 11.5. The van der Waals surface area contributed by atoms with E-state index in [1.807, 2.05) is 30.3 Å². The minimum Gasteiger partial charge on any atom is -0.491 e. The molecule has 0 saturated carbocycles. The first kappa shape index (κ1) is 28.2. The molecule has 0 bridgehead atoms. The van der Waals surface area contributed by atoms with Gasteiger partial charge in [-0.25, -0.2) is 0 Å². The van der Waals surface area contributed by atoms with Crippen molar-refractivity contribution in [1.82, 2.24) is 0 Å². The van der Waals surface area contributed by atoms with E-state index in [2.05, 4.69) is 54.5 Å². The lowest BCUT2D eigenvalue weighted by Gasteiger charge is -2.12. The van der Waals surface area contributed by atoms with Gasteiger partial charge >= 0.3 is 5.97 Å². The molecule has 202 valence electrons. The molecule has 0 amide bonds. The van der Waals surface area contributed by atoms with E-state index in [-0.39, 0.29) is 18.3 Å². The Balaban J connectivity index is 1.45. The minimum absolute atomic E-state index is 0.197. The maximum absolute atomic E-state index is 12.0. The molecule has 0 saturated heterocycles. The third-order valence-electron chi connectivity index (χ3n) is 6.36. The molecule has 5 nitrogen and oxygen atoms in total. The molecule has 0 radical (unpaired) electrons. The molecule has 39 heavy (non-hydrogen) atoms. The van der Waals surface area contributed by atoms with Crippen LogP contribution >= 0.6 is 11.3 Å². The summed E-state index contributed by atoms with van der Waals surface area (Å²) in [7, 11) is 1.67. The van der Waals surface area contributed by atoms with Crippen LogP contribution in [0.2, 0.25) is 0 Å². The molecular weight excluding hydrogens is 508 g/mol. The van der Waals surface area contributed by atoms with Gasteiger partial charge in [-0.1, -0.05) is 30.2 Å². The van der Waals surface area contributed by atoms with Crippen LogP contribution in [0.25, 0.3) is 21.2 Å². The van der Waals surface area contributed by atoms with Crippen LogP contribution in [0.1, 0.15) is 42.9 Å². The maximum atomic E-state index is 12.0. The molecule has 0 unspecified atom stereocenters. The number of carbonyl (C=O) groups is 1. The molecule has 3 aromatic carbocycles. The van der Waals surface area contributed by atoms with Crippen molar-refractivity contribution in [1.29, 1.82) is 0 Å². The summed E-state index contributed by atoms with van der Waals surface area (Å²) in [5.74, 6) is 7.21. The lowest BCUT2D eigenvalue weighted by Crippen LogP contribution is -2.09. The predicted molar refractivity (Wildman–Crippen MR) is 158 cm³/mol. The zero-order chi connectivity index (χ0) is 27.6. The van der Waals surface area contributed by atoms with Crippen LogP contribution in [0.15, 0.2) is 66.0 Å². The van der Waals surface area contributed by atoms with Crippen LogP contribution in [0.3, 0.4) is 0 Å². The summed E-state index contributed by atoms with van der Waals surface area (Å²) in [5.41, 5.74) is 5.65. The Morgan fingerprint density at radius 2 is 1.74 bits per heavy atom. The number of rotatable bonds is 12. The molecule has 0 aliphatic heterocycles. The number of carbonyl (C=O) groups excluding carboxylic acids is 1. The second-order valence-corrected chi connectivity index (χ2v) is 10.0. The van der Waals surface area contributed by atoms with Crippen LogP contribution in [-0.2, 0) is 20.9 Å². The van der Waals surface area contributed by atoms with E-state index in [0.717, 1.165) is 22.6 Å². The average molecular weight is 543 g/mol. The maximum Gasteiger partial charge on any atom is 0.307 e. The summed E-state index contributed by atoms with van der Waals surface area (Å²) in [6.07, 6.45) is 0.237. The Morgan fingerprint density at radius 3 is 2.46 bits per heavy atom. The van der Waals surface area contributed by atoms with E-state index in [9.17, 15) is 4.79 Å². The molecule has 1 aromatic heterocycles. The van der Waals surface area contributed by atoms with Gasteiger partial charge in [-0.2, -0.15) is 0 Å². The number of fused-ring (bicyclic) bond motifs is 1. The lowest BCUT2D eigenvalue weighted by molar-refractivity contribution is -0.143. The van der Waals surface area contributed by atoms with E-state index in [1.54, 1.807) is 32.3 Å². The van der Waals surface area contributed by atoms with Gasteiger partial charge in [0.25, 0.3) is 0 Å². The van der Waals surface area contributed by atoms with Crippen molar-refractivity contribution in [2.45, 2.75) is 39.7 Å². The summed E-state index contributed by atoms with van der Waals surface area (Å²) in [4.78, 5) is 12.0. The number of esters is 1. The fraction of sp³-hybridized carbons (Fsp3) is 0.303. The number of hydrogen-bond acceptors (Lipinski definition) is 6. The van der Waals surface area contributed by atoms with Gasteiger partial charge < -0.3 is 18.9 Å². The molecule has 4 aromatic rings. The quantitative estimate of drug-likeness (QED) is 0.105. The van der Waals surface area contributed by atoms with Gasteiger partial charge in [-0.05, 0) is 84.8 Å². The monoisotopic (exact) mass is 542 g/mol. The highest BCUT2D eigenvalue weighted by Crippen LogP contribution is 2.37. The summed E-state index contributed by atoms with van der Waals surface area (Å²) in [5, 5.41) is 3.43. The molecule has 6 heteroatoms.